The van der Waals surface area contributed by atoms with Crippen LogP contribution in [0.3, 0.4) is 0 Å². The first-order valence-electron chi connectivity index (χ1n) is 9.31. The molecule has 4 aliphatic rings. The molecular weight excluding hydrogens is 351 g/mol. The molecule has 0 heterocycles. The minimum atomic E-state index is -1.50. The molecule has 5 heteroatoms. The van der Waals surface area contributed by atoms with Crippen molar-refractivity contribution < 1.29 is 19.1 Å². The molecule has 0 amide bonds. The van der Waals surface area contributed by atoms with E-state index in [1.54, 1.807) is 0 Å². The number of alkyl halides is 1. The lowest BCUT2D eigenvalue weighted by Gasteiger charge is -2.54. The van der Waals surface area contributed by atoms with E-state index in [9.17, 15) is 14.7 Å². The lowest BCUT2D eigenvalue weighted by molar-refractivity contribution is -0.148. The molecule has 3 nitrogen and oxygen atoms in total. The maximum absolute atomic E-state index is 15.1. The third kappa shape index (κ3) is 1.99. The molecule has 0 aliphatic heterocycles. The first-order chi connectivity index (χ1) is 12.1. The van der Waals surface area contributed by atoms with E-state index in [1.165, 1.54) is 12.2 Å². The number of hydrogen-bond donors (Lipinski definition) is 2. The highest BCUT2D eigenvalue weighted by molar-refractivity contribution is 7.96. The van der Waals surface area contributed by atoms with Gasteiger partial charge in [-0.2, -0.15) is 0 Å². The molecule has 0 aromatic heterocycles. The Balaban J connectivity index is 1.84. The molecule has 4 aliphatic carbocycles. The minimum Gasteiger partial charge on any atom is -0.380 e. The molecule has 0 bridgehead atoms. The third-order valence-corrected chi connectivity index (χ3v) is 8.18. The fraction of sp³-hybridized carbons (Fsp3) is 0.619. The quantitative estimate of drug-likeness (QED) is 0.543. The fourth-order valence-corrected chi connectivity index (χ4v) is 6.81. The Morgan fingerprint density at radius 3 is 2.65 bits per heavy atom. The number of aliphatic hydroxyl groups is 1. The van der Waals surface area contributed by atoms with Crippen LogP contribution >= 0.6 is 12.6 Å². The Hall–Kier alpha value is -1.20. The number of carbonyl (C=O) groups excluding carboxylic acids is 2. The number of ketones is 1. The summed E-state index contributed by atoms with van der Waals surface area (Å²) in [6, 6.07) is 0. The van der Waals surface area contributed by atoms with E-state index >= 15 is 4.39 Å². The zero-order valence-electron chi connectivity index (χ0n) is 15.3. The van der Waals surface area contributed by atoms with Crippen LogP contribution in [0.25, 0.3) is 0 Å². The SMILES string of the molecule is C[C@@H]1CC2C3C[C@H](F)C4=CC(=O)C=C[C@]4(C)C3=CC[C@]2(C)[C@@]1(O)C(=O)S. The maximum atomic E-state index is 15.1. The van der Waals surface area contributed by atoms with Crippen molar-refractivity contribution in [1.82, 2.24) is 0 Å². The summed E-state index contributed by atoms with van der Waals surface area (Å²) in [7, 11) is 0. The molecule has 7 atom stereocenters. The largest absolute Gasteiger partial charge is 0.380 e. The smallest absolute Gasteiger partial charge is 0.218 e. The van der Waals surface area contributed by atoms with Gasteiger partial charge in [-0.15, -0.1) is 12.6 Å². The fourth-order valence-electron chi connectivity index (χ4n) is 6.33. The monoisotopic (exact) mass is 376 g/mol. The van der Waals surface area contributed by atoms with Crippen LogP contribution in [-0.4, -0.2) is 27.8 Å². The molecule has 140 valence electrons. The lowest BCUT2D eigenvalue weighted by Crippen LogP contribution is -2.56. The molecule has 0 aromatic rings. The molecule has 0 aromatic carbocycles. The second kappa shape index (κ2) is 5.41. The lowest BCUT2D eigenvalue weighted by atomic mass is 9.51. The average molecular weight is 376 g/mol. The van der Waals surface area contributed by atoms with E-state index in [1.807, 2.05) is 26.8 Å². The van der Waals surface area contributed by atoms with Crippen LogP contribution < -0.4 is 0 Å². The Labute approximate surface area is 158 Å². The van der Waals surface area contributed by atoms with Crippen molar-refractivity contribution >= 4 is 23.5 Å². The molecule has 0 spiro atoms. The normalized spacial score (nSPS) is 49.7. The van der Waals surface area contributed by atoms with E-state index < -0.39 is 27.7 Å². The maximum Gasteiger partial charge on any atom is 0.218 e. The first kappa shape index (κ1) is 18.2. The number of halogens is 1. The summed E-state index contributed by atoms with van der Waals surface area (Å²) in [4.78, 5) is 24.0. The van der Waals surface area contributed by atoms with Crippen LogP contribution in [0.15, 0.2) is 35.5 Å². The molecule has 1 N–H and O–H groups in total. The van der Waals surface area contributed by atoms with E-state index in [4.69, 9.17) is 0 Å². The van der Waals surface area contributed by atoms with Crippen molar-refractivity contribution in [3.8, 4) is 0 Å². The number of allylic oxidation sites excluding steroid dienone is 6. The Morgan fingerprint density at radius 1 is 1.31 bits per heavy atom. The summed E-state index contributed by atoms with van der Waals surface area (Å²) in [5, 5.41) is 10.8. The van der Waals surface area contributed by atoms with Gasteiger partial charge in [0.15, 0.2) is 5.78 Å². The number of carbonyl (C=O) groups is 2. The summed E-state index contributed by atoms with van der Waals surface area (Å²) in [5.74, 6) is -0.417. The highest BCUT2D eigenvalue weighted by atomic mass is 32.1. The Bertz CT molecular complexity index is 799. The van der Waals surface area contributed by atoms with Crippen molar-refractivity contribution in [2.24, 2.45) is 28.6 Å². The predicted octanol–water partition coefficient (Wildman–Crippen LogP) is 3.60. The summed E-state index contributed by atoms with van der Waals surface area (Å²) in [6.07, 6.45) is 7.22. The summed E-state index contributed by atoms with van der Waals surface area (Å²) in [5.41, 5.74) is -1.06. The first-order valence-corrected chi connectivity index (χ1v) is 9.76. The van der Waals surface area contributed by atoms with Gasteiger partial charge >= 0.3 is 0 Å². The van der Waals surface area contributed by atoms with Crippen molar-refractivity contribution in [2.75, 3.05) is 0 Å². The highest BCUT2D eigenvalue weighted by Crippen LogP contribution is 2.66. The molecular formula is C21H25FO3S. The number of fused-ring (bicyclic) bond motifs is 5. The number of thiol groups is 1. The number of rotatable bonds is 1. The second-order valence-electron chi connectivity index (χ2n) is 8.94. The Kier molecular flexibility index (Phi) is 3.79. The topological polar surface area (TPSA) is 54.4 Å². The standard InChI is InChI=1S/C21H25FO3S/c1-11-8-15-13-10-17(22)16-9-12(23)4-6-19(16,2)14(13)5-7-20(15,3)21(11,25)18(24)26/h4-6,9,11,13,15,17,25H,7-8,10H2,1-3H3,(H,24,26)/t11-,13?,15?,17+,19-,20+,21+/m1/s1. The summed E-state index contributed by atoms with van der Waals surface area (Å²) in [6.45, 7) is 5.81. The summed E-state index contributed by atoms with van der Waals surface area (Å²) >= 11 is 4.00. The van der Waals surface area contributed by atoms with Crippen molar-refractivity contribution in [3.63, 3.8) is 0 Å². The van der Waals surface area contributed by atoms with E-state index in [2.05, 4.69) is 18.7 Å². The van der Waals surface area contributed by atoms with Gasteiger partial charge in [0.2, 0.25) is 5.12 Å². The zero-order valence-corrected chi connectivity index (χ0v) is 16.2. The molecule has 2 fully saturated rings. The minimum absolute atomic E-state index is 0.0150. The van der Waals surface area contributed by atoms with Crippen LogP contribution in [-0.2, 0) is 9.59 Å². The van der Waals surface area contributed by atoms with Gasteiger partial charge in [0, 0.05) is 10.8 Å². The van der Waals surface area contributed by atoms with Gasteiger partial charge in [0.05, 0.1) is 0 Å². The second-order valence-corrected chi connectivity index (χ2v) is 9.35. The molecule has 4 rings (SSSR count). The third-order valence-electron chi connectivity index (χ3n) is 7.84. The van der Waals surface area contributed by atoms with Crippen LogP contribution in [0, 0.1) is 28.6 Å². The molecule has 2 saturated carbocycles. The number of hydrogen-bond acceptors (Lipinski definition) is 3. The van der Waals surface area contributed by atoms with Gasteiger partial charge in [0.25, 0.3) is 0 Å². The van der Waals surface area contributed by atoms with Gasteiger partial charge in [-0.3, -0.25) is 9.59 Å². The van der Waals surface area contributed by atoms with E-state index in [0.29, 0.717) is 24.8 Å². The predicted molar refractivity (Wildman–Crippen MR) is 100 cm³/mol. The van der Waals surface area contributed by atoms with Crippen molar-refractivity contribution in [3.05, 3.63) is 35.5 Å². The van der Waals surface area contributed by atoms with Crippen LogP contribution in [0.1, 0.15) is 40.0 Å². The molecule has 0 saturated heterocycles. The van der Waals surface area contributed by atoms with Gasteiger partial charge in [-0.05, 0) is 61.7 Å². The van der Waals surface area contributed by atoms with Crippen molar-refractivity contribution in [2.45, 2.75) is 51.8 Å². The van der Waals surface area contributed by atoms with Gasteiger partial charge in [-0.1, -0.05) is 31.6 Å². The zero-order chi connectivity index (χ0) is 19.1. The molecule has 2 unspecified atom stereocenters. The van der Waals surface area contributed by atoms with Crippen LogP contribution in [0.5, 0.6) is 0 Å². The van der Waals surface area contributed by atoms with Gasteiger partial charge < -0.3 is 5.11 Å². The van der Waals surface area contributed by atoms with Gasteiger partial charge in [0.1, 0.15) is 11.8 Å². The highest BCUT2D eigenvalue weighted by Gasteiger charge is 2.67. The molecule has 0 radical (unpaired) electrons. The molecule has 26 heavy (non-hydrogen) atoms. The van der Waals surface area contributed by atoms with Crippen molar-refractivity contribution in [1.29, 1.82) is 0 Å². The van der Waals surface area contributed by atoms with E-state index in [-0.39, 0.29) is 23.5 Å². The van der Waals surface area contributed by atoms with E-state index in [0.717, 1.165) is 5.57 Å². The van der Waals surface area contributed by atoms with Crippen LogP contribution in [0.4, 0.5) is 4.39 Å². The average Bonchev–Trinajstić information content (AvgIpc) is 2.78. The van der Waals surface area contributed by atoms with Gasteiger partial charge in [-0.25, -0.2) is 4.39 Å². The summed E-state index contributed by atoms with van der Waals surface area (Å²) < 4.78 is 15.1. The van der Waals surface area contributed by atoms with Crippen LogP contribution in [0.2, 0.25) is 0 Å². The Morgan fingerprint density at radius 2 is 2.00 bits per heavy atom.